The Kier molecular flexibility index (Phi) is 5.90. The van der Waals surface area contributed by atoms with E-state index >= 15 is 0 Å². The van der Waals surface area contributed by atoms with Crippen molar-refractivity contribution >= 4 is 36.2 Å². The zero-order valence-electron chi connectivity index (χ0n) is 7.07. The second kappa shape index (κ2) is 6.10. The minimum Gasteiger partial charge on any atom is -0.478 e. The van der Waals surface area contributed by atoms with Gasteiger partial charge in [0, 0.05) is 5.75 Å². The summed E-state index contributed by atoms with van der Waals surface area (Å²) in [5.41, 5.74) is 0. The fourth-order valence-corrected chi connectivity index (χ4v) is 0.823. The van der Waals surface area contributed by atoms with Crippen LogP contribution in [-0.4, -0.2) is 34.8 Å². The highest BCUT2D eigenvalue weighted by atomic mass is 35.5. The third-order valence-corrected chi connectivity index (χ3v) is 2.18. The van der Waals surface area contributed by atoms with Gasteiger partial charge < -0.3 is 9.84 Å². The van der Waals surface area contributed by atoms with Crippen LogP contribution in [0.25, 0.3) is 0 Å². The van der Waals surface area contributed by atoms with Gasteiger partial charge in [0.2, 0.25) is 6.10 Å². The van der Waals surface area contributed by atoms with E-state index in [9.17, 15) is 9.59 Å². The fraction of sp³-hybridized carbons (Fsp3) is 0.714. The maximum absolute atomic E-state index is 11.1. The van der Waals surface area contributed by atoms with Crippen molar-refractivity contribution in [3.8, 4) is 0 Å². The average Bonchev–Trinajstić information content (AvgIpc) is 2.11. The van der Waals surface area contributed by atoms with E-state index in [1.165, 1.54) is 0 Å². The Balaban J connectivity index is 4.09. The number of rotatable bonds is 5. The number of carbonyl (C=O) groups excluding carboxylic acids is 1. The predicted octanol–water partition coefficient (Wildman–Crippen LogP) is 0.787. The summed E-state index contributed by atoms with van der Waals surface area (Å²) in [7, 11) is 0. The van der Waals surface area contributed by atoms with Crippen molar-refractivity contribution in [1.29, 1.82) is 0 Å². The molecule has 6 heteroatoms. The molecule has 76 valence electrons. The van der Waals surface area contributed by atoms with Crippen molar-refractivity contribution in [3.05, 3.63) is 0 Å². The van der Waals surface area contributed by atoms with Gasteiger partial charge in [-0.25, -0.2) is 4.79 Å². The number of aliphatic carboxylic acids is 1. The van der Waals surface area contributed by atoms with Crippen molar-refractivity contribution in [2.24, 2.45) is 5.92 Å². The number of hydrogen-bond acceptors (Lipinski definition) is 4. The Morgan fingerprint density at radius 2 is 2.15 bits per heavy atom. The molecule has 0 saturated heterocycles. The van der Waals surface area contributed by atoms with Crippen LogP contribution in [0.5, 0.6) is 0 Å². The molecule has 0 amide bonds. The third-order valence-electron chi connectivity index (χ3n) is 1.35. The zero-order chi connectivity index (χ0) is 10.4. The van der Waals surface area contributed by atoms with E-state index in [1.54, 1.807) is 6.92 Å². The van der Waals surface area contributed by atoms with Gasteiger partial charge in [-0.1, -0.05) is 6.92 Å². The Bertz CT molecular complexity index is 197. The summed E-state index contributed by atoms with van der Waals surface area (Å²) in [4.78, 5) is 21.5. The monoisotopic (exact) mass is 226 g/mol. The Morgan fingerprint density at radius 3 is 2.46 bits per heavy atom. The number of alkyl halides is 1. The minimum absolute atomic E-state index is 0.250. The molecule has 0 rings (SSSR count). The second-order valence-electron chi connectivity index (χ2n) is 2.50. The summed E-state index contributed by atoms with van der Waals surface area (Å²) >= 11 is 9.15. The van der Waals surface area contributed by atoms with Crippen LogP contribution in [0.15, 0.2) is 0 Å². The molecule has 0 saturated carbocycles. The average molecular weight is 227 g/mol. The lowest BCUT2D eigenvalue weighted by molar-refractivity contribution is -0.164. The third kappa shape index (κ3) is 4.38. The van der Waals surface area contributed by atoms with Gasteiger partial charge >= 0.3 is 11.9 Å². The van der Waals surface area contributed by atoms with Crippen LogP contribution in [0.4, 0.5) is 0 Å². The molecule has 0 bridgehead atoms. The molecule has 13 heavy (non-hydrogen) atoms. The molecule has 0 aromatic heterocycles. The van der Waals surface area contributed by atoms with Gasteiger partial charge in [-0.05, 0) is 0 Å². The molecule has 0 aliphatic heterocycles. The van der Waals surface area contributed by atoms with Gasteiger partial charge in [0.15, 0.2) is 0 Å². The molecule has 0 fully saturated rings. The van der Waals surface area contributed by atoms with Gasteiger partial charge in [0.25, 0.3) is 0 Å². The Morgan fingerprint density at radius 1 is 1.62 bits per heavy atom. The van der Waals surface area contributed by atoms with Crippen LogP contribution < -0.4 is 0 Å². The number of hydrogen-bond donors (Lipinski definition) is 2. The summed E-state index contributed by atoms with van der Waals surface area (Å²) in [5, 5.41) is 8.50. The number of carboxylic acids is 1. The molecule has 4 nitrogen and oxygen atoms in total. The molecule has 0 radical (unpaired) electrons. The van der Waals surface area contributed by atoms with Crippen molar-refractivity contribution in [3.63, 3.8) is 0 Å². The number of ether oxygens (including phenoxy) is 1. The van der Waals surface area contributed by atoms with Crippen LogP contribution in [-0.2, 0) is 14.3 Å². The highest BCUT2D eigenvalue weighted by molar-refractivity contribution is 7.80. The van der Waals surface area contributed by atoms with Gasteiger partial charge in [0.05, 0.1) is 11.8 Å². The van der Waals surface area contributed by atoms with Crippen LogP contribution in [0.3, 0.4) is 0 Å². The highest BCUT2D eigenvalue weighted by Gasteiger charge is 2.23. The lowest BCUT2D eigenvalue weighted by Crippen LogP contribution is -2.31. The van der Waals surface area contributed by atoms with Crippen LogP contribution >= 0.6 is 24.2 Å². The van der Waals surface area contributed by atoms with Crippen molar-refractivity contribution in [2.75, 3.05) is 11.6 Å². The van der Waals surface area contributed by atoms with Gasteiger partial charge in [-0.15, -0.1) is 11.6 Å². The van der Waals surface area contributed by atoms with E-state index in [1.807, 2.05) is 0 Å². The largest absolute Gasteiger partial charge is 0.478 e. The maximum Gasteiger partial charge on any atom is 0.346 e. The molecule has 0 aliphatic rings. The topological polar surface area (TPSA) is 63.6 Å². The molecule has 1 unspecified atom stereocenters. The molecule has 2 atom stereocenters. The standard InChI is InChI=1S/C7H11ClO4S/c1-4(3-13)7(11)12-5(2-8)6(9)10/h4-5,13H,2-3H2,1H3,(H,9,10)/t4-,5?/m0/s1. The van der Waals surface area contributed by atoms with Gasteiger partial charge in [-0.3, -0.25) is 4.79 Å². The quantitative estimate of drug-likeness (QED) is 0.413. The Hall–Kier alpha value is -0.420. The Labute approximate surface area is 86.6 Å². The first-order valence-corrected chi connectivity index (χ1v) is 4.79. The minimum atomic E-state index is -1.27. The molecule has 0 aromatic rings. The normalized spacial score (nSPS) is 14.7. The summed E-state index contributed by atoms with van der Waals surface area (Å²) in [5.74, 6) is -2.19. The van der Waals surface area contributed by atoms with Crippen LogP contribution in [0.2, 0.25) is 0 Å². The molecular formula is C7H11ClO4S. The van der Waals surface area contributed by atoms with E-state index in [0.717, 1.165) is 0 Å². The lowest BCUT2D eigenvalue weighted by atomic mass is 10.2. The number of esters is 1. The van der Waals surface area contributed by atoms with Crippen LogP contribution in [0.1, 0.15) is 6.92 Å². The number of halogens is 1. The van der Waals surface area contributed by atoms with Crippen molar-refractivity contribution < 1.29 is 19.4 Å². The number of carbonyl (C=O) groups is 2. The van der Waals surface area contributed by atoms with Gasteiger partial charge in [0.1, 0.15) is 0 Å². The number of thiol groups is 1. The van der Waals surface area contributed by atoms with E-state index < -0.39 is 24.0 Å². The molecular weight excluding hydrogens is 216 g/mol. The molecule has 1 N–H and O–H groups in total. The van der Waals surface area contributed by atoms with Crippen LogP contribution in [0, 0.1) is 5.92 Å². The summed E-state index contributed by atoms with van der Waals surface area (Å²) < 4.78 is 4.59. The van der Waals surface area contributed by atoms with E-state index in [0.29, 0.717) is 5.75 Å². The molecule has 0 spiro atoms. The van der Waals surface area contributed by atoms with E-state index in [2.05, 4.69) is 17.4 Å². The molecule has 0 aliphatic carbocycles. The van der Waals surface area contributed by atoms with E-state index in [4.69, 9.17) is 16.7 Å². The van der Waals surface area contributed by atoms with Gasteiger partial charge in [-0.2, -0.15) is 12.6 Å². The smallest absolute Gasteiger partial charge is 0.346 e. The first kappa shape index (κ1) is 12.6. The van der Waals surface area contributed by atoms with Crippen molar-refractivity contribution in [2.45, 2.75) is 13.0 Å². The fourth-order valence-electron chi connectivity index (χ4n) is 0.479. The van der Waals surface area contributed by atoms with E-state index in [-0.39, 0.29) is 5.88 Å². The first-order valence-electron chi connectivity index (χ1n) is 3.63. The SMILES string of the molecule is C[C@@H](CS)C(=O)OC(CCl)C(=O)O. The maximum atomic E-state index is 11.1. The zero-order valence-corrected chi connectivity index (χ0v) is 8.72. The summed E-state index contributed by atoms with van der Waals surface area (Å²) in [6.45, 7) is 1.60. The molecule has 0 heterocycles. The summed E-state index contributed by atoms with van der Waals surface area (Å²) in [6, 6.07) is 0. The lowest BCUT2D eigenvalue weighted by Gasteiger charge is -2.13. The first-order chi connectivity index (χ1) is 6.02. The second-order valence-corrected chi connectivity index (χ2v) is 3.18. The summed E-state index contributed by atoms with van der Waals surface area (Å²) in [6.07, 6.45) is -1.27. The molecule has 0 aromatic carbocycles. The van der Waals surface area contributed by atoms with Crippen molar-refractivity contribution in [1.82, 2.24) is 0 Å². The highest BCUT2D eigenvalue weighted by Crippen LogP contribution is 2.05. The predicted molar refractivity (Wildman–Crippen MR) is 51.3 cm³/mol. The number of carboxylic acid groups (broad SMARTS) is 1.